The molecular weight excluding hydrogens is 418 g/mol. The minimum Gasteiger partial charge on any atom is -0.496 e. The predicted octanol–water partition coefficient (Wildman–Crippen LogP) is 3.92. The molecule has 0 aliphatic carbocycles. The van der Waals surface area contributed by atoms with Crippen molar-refractivity contribution >= 4 is 43.5 Å². The van der Waals surface area contributed by atoms with E-state index in [1.807, 2.05) is 0 Å². The number of carbonyl (C=O) groups is 2. The first-order valence-electron chi connectivity index (χ1n) is 9.33. The van der Waals surface area contributed by atoms with Gasteiger partial charge in [-0.15, -0.1) is 9.35 Å². The average molecular weight is 433 g/mol. The number of imide groups is 1. The average Bonchev–Trinajstić information content (AvgIpc) is 2.79. The highest BCUT2D eigenvalue weighted by Crippen LogP contribution is 2.34. The highest BCUT2D eigenvalue weighted by atomic mass is 32.2. The second-order valence-corrected chi connectivity index (χ2v) is 8.45. The van der Waals surface area contributed by atoms with Crippen molar-refractivity contribution in [3.05, 3.63) is 83.9 Å². The normalized spacial score (nSPS) is 13.8. The van der Waals surface area contributed by atoms with Crippen LogP contribution in [0, 0.1) is 0 Å². The van der Waals surface area contributed by atoms with Gasteiger partial charge in [-0.2, -0.15) is 8.42 Å². The largest absolute Gasteiger partial charge is 0.496 e. The van der Waals surface area contributed by atoms with E-state index < -0.39 is 21.9 Å². The lowest BCUT2D eigenvalue weighted by molar-refractivity contribution is -0.0154. The molecule has 0 unspecified atom stereocenters. The van der Waals surface area contributed by atoms with Crippen LogP contribution in [0.1, 0.15) is 20.7 Å². The zero-order chi connectivity index (χ0) is 21.8. The summed E-state index contributed by atoms with van der Waals surface area (Å²) in [5, 5.41) is 2.40. The number of carbonyl (C=O) groups excluding carboxylic acids is 2. The monoisotopic (exact) mass is 433 g/mol. The third-order valence-corrected chi connectivity index (χ3v) is 6.48. The van der Waals surface area contributed by atoms with Gasteiger partial charge in [0.1, 0.15) is 10.6 Å². The summed E-state index contributed by atoms with van der Waals surface area (Å²) in [6, 6.07) is 19.5. The molecule has 0 saturated carbocycles. The molecule has 7 nitrogen and oxygen atoms in total. The minimum absolute atomic E-state index is 0.179. The van der Waals surface area contributed by atoms with Crippen molar-refractivity contribution in [2.24, 2.45) is 0 Å². The Balaban J connectivity index is 1.62. The first-order valence-corrected chi connectivity index (χ1v) is 10.7. The molecule has 0 fully saturated rings. The molecule has 0 radical (unpaired) electrons. The summed E-state index contributed by atoms with van der Waals surface area (Å²) in [5.41, 5.74) is 0.393. The van der Waals surface area contributed by atoms with E-state index in [1.165, 1.54) is 31.4 Å². The fourth-order valence-corrected chi connectivity index (χ4v) is 4.95. The molecule has 2 amide bonds. The van der Waals surface area contributed by atoms with Gasteiger partial charge in [0.2, 0.25) is 0 Å². The Kier molecular flexibility index (Phi) is 4.28. The van der Waals surface area contributed by atoms with E-state index in [9.17, 15) is 18.0 Å². The lowest BCUT2D eigenvalue weighted by Crippen LogP contribution is -2.41. The molecule has 0 N–H and O–H groups in total. The third-order valence-electron chi connectivity index (χ3n) is 5.24. The maximum Gasteiger partial charge on any atom is 0.318 e. The van der Waals surface area contributed by atoms with Gasteiger partial charge in [-0.1, -0.05) is 48.5 Å². The number of hydrogen-bond donors (Lipinski definition) is 0. The van der Waals surface area contributed by atoms with E-state index in [0.717, 1.165) is 0 Å². The SMILES string of the molecule is COc1ccc(S(=O)(=O)ON2C(=O)c3cccc4cccc(c34)C2=O)c2ccccc12. The highest BCUT2D eigenvalue weighted by molar-refractivity contribution is 7.87. The Hall–Kier alpha value is -3.75. The number of benzene rings is 4. The van der Waals surface area contributed by atoms with Crippen molar-refractivity contribution in [2.45, 2.75) is 4.90 Å². The molecule has 4 aromatic carbocycles. The molecule has 0 atom stereocenters. The third kappa shape index (κ3) is 2.88. The van der Waals surface area contributed by atoms with Crippen molar-refractivity contribution in [3.63, 3.8) is 0 Å². The van der Waals surface area contributed by atoms with E-state index in [2.05, 4.69) is 0 Å². The lowest BCUT2D eigenvalue weighted by atomic mass is 9.95. The number of hydrogen-bond acceptors (Lipinski definition) is 6. The molecule has 154 valence electrons. The van der Waals surface area contributed by atoms with Crippen LogP contribution in [0.5, 0.6) is 5.75 Å². The van der Waals surface area contributed by atoms with Crippen LogP contribution in [0.25, 0.3) is 21.5 Å². The van der Waals surface area contributed by atoms with Gasteiger partial charge in [-0.3, -0.25) is 9.59 Å². The summed E-state index contributed by atoms with van der Waals surface area (Å²) in [5.74, 6) is -1.19. The number of fused-ring (bicyclic) bond motifs is 1. The van der Waals surface area contributed by atoms with Crippen LogP contribution in [0.4, 0.5) is 0 Å². The van der Waals surface area contributed by atoms with E-state index in [-0.39, 0.29) is 16.0 Å². The molecule has 0 spiro atoms. The Bertz CT molecular complexity index is 1460. The van der Waals surface area contributed by atoms with E-state index in [4.69, 9.17) is 9.02 Å². The van der Waals surface area contributed by atoms with E-state index in [0.29, 0.717) is 32.4 Å². The van der Waals surface area contributed by atoms with E-state index >= 15 is 0 Å². The molecular formula is C23H15NO6S. The van der Waals surface area contributed by atoms with Crippen molar-refractivity contribution in [2.75, 3.05) is 7.11 Å². The maximum absolute atomic E-state index is 13.2. The van der Waals surface area contributed by atoms with Crippen molar-refractivity contribution in [1.29, 1.82) is 0 Å². The van der Waals surface area contributed by atoms with E-state index in [1.54, 1.807) is 48.5 Å². The van der Waals surface area contributed by atoms with Gasteiger partial charge in [-0.25, -0.2) is 0 Å². The summed E-state index contributed by atoms with van der Waals surface area (Å²) < 4.78 is 36.7. The Labute approximate surface area is 177 Å². The zero-order valence-corrected chi connectivity index (χ0v) is 17.0. The first-order chi connectivity index (χ1) is 14.9. The van der Waals surface area contributed by atoms with Gasteiger partial charge in [-0.05, 0) is 29.7 Å². The topological polar surface area (TPSA) is 90.0 Å². The molecule has 0 aromatic heterocycles. The number of ether oxygens (including phenoxy) is 1. The second-order valence-electron chi connectivity index (χ2n) is 6.95. The minimum atomic E-state index is -4.52. The van der Waals surface area contributed by atoms with Gasteiger partial charge in [0.15, 0.2) is 0 Å². The van der Waals surface area contributed by atoms with Crippen molar-refractivity contribution in [1.82, 2.24) is 5.06 Å². The van der Waals surface area contributed by atoms with Gasteiger partial charge in [0.05, 0.1) is 18.2 Å². The summed E-state index contributed by atoms with van der Waals surface area (Å²) in [6.07, 6.45) is 0. The van der Waals surface area contributed by atoms with Crippen LogP contribution in [-0.4, -0.2) is 32.4 Å². The lowest BCUT2D eigenvalue weighted by Gasteiger charge is -2.25. The van der Waals surface area contributed by atoms with Gasteiger partial charge < -0.3 is 4.74 Å². The van der Waals surface area contributed by atoms with Gasteiger partial charge >= 0.3 is 10.1 Å². The second kappa shape index (κ2) is 6.90. The van der Waals surface area contributed by atoms with Crippen LogP contribution in [0.15, 0.2) is 77.7 Å². The first kappa shape index (κ1) is 19.2. The number of methoxy groups -OCH3 is 1. The molecule has 0 bridgehead atoms. The van der Waals surface area contributed by atoms with Crippen molar-refractivity contribution in [3.8, 4) is 5.75 Å². The smallest absolute Gasteiger partial charge is 0.318 e. The van der Waals surface area contributed by atoms with Crippen LogP contribution in [0.2, 0.25) is 0 Å². The van der Waals surface area contributed by atoms with Crippen molar-refractivity contribution < 1.29 is 27.0 Å². The molecule has 8 heteroatoms. The van der Waals surface area contributed by atoms with Crippen LogP contribution < -0.4 is 4.74 Å². The maximum atomic E-state index is 13.2. The standard InChI is InChI=1S/C23H15NO6S/c1-29-19-12-13-20(16-9-3-2-8-15(16)19)31(27,28)30-24-22(25)17-10-4-6-14-7-5-11-18(21(14)17)23(24)26/h2-13H,1H3. The summed E-state index contributed by atoms with van der Waals surface area (Å²) in [6.45, 7) is 0. The fraction of sp³-hybridized carbons (Fsp3) is 0.0435. The Morgan fingerprint density at radius 3 is 1.97 bits per heavy atom. The number of hydroxylamine groups is 2. The summed E-state index contributed by atoms with van der Waals surface area (Å²) in [7, 11) is -3.04. The Morgan fingerprint density at radius 2 is 1.35 bits per heavy atom. The number of rotatable bonds is 4. The molecule has 31 heavy (non-hydrogen) atoms. The van der Waals surface area contributed by atoms with Gasteiger partial charge in [0, 0.05) is 16.2 Å². The fourth-order valence-electron chi connectivity index (χ4n) is 3.85. The van der Waals surface area contributed by atoms with Crippen LogP contribution in [0.3, 0.4) is 0 Å². The Morgan fingerprint density at radius 1 is 0.742 bits per heavy atom. The van der Waals surface area contributed by atoms with Gasteiger partial charge in [0.25, 0.3) is 11.8 Å². The predicted molar refractivity (Wildman–Crippen MR) is 113 cm³/mol. The highest BCUT2D eigenvalue weighted by Gasteiger charge is 2.38. The number of nitrogens with zero attached hydrogens (tertiary/aromatic N) is 1. The summed E-state index contributed by atoms with van der Waals surface area (Å²) >= 11 is 0. The molecule has 1 heterocycles. The zero-order valence-electron chi connectivity index (χ0n) is 16.2. The van der Waals surface area contributed by atoms with Crippen LogP contribution in [-0.2, 0) is 14.4 Å². The molecule has 1 aliphatic rings. The van der Waals surface area contributed by atoms with Crippen LogP contribution >= 0.6 is 0 Å². The summed E-state index contributed by atoms with van der Waals surface area (Å²) in [4.78, 5) is 25.8. The molecule has 4 aromatic rings. The molecule has 1 aliphatic heterocycles. The number of amides is 2. The molecule has 5 rings (SSSR count). The molecule has 0 saturated heterocycles. The quantitative estimate of drug-likeness (QED) is 0.453.